The molecule has 4 heterocycles. The largest absolute Gasteiger partial charge is 0.351 e. The third-order valence-electron chi connectivity index (χ3n) is 10.1. The number of piperidine rings is 2. The Kier molecular flexibility index (Phi) is 15.6. The molecule has 310 valence electrons. The average Bonchev–Trinajstić information content (AvgIpc) is 3.09. The summed E-state index contributed by atoms with van der Waals surface area (Å²) in [6, 6.07) is 0.504. The fourth-order valence-corrected chi connectivity index (χ4v) is 8.74. The van der Waals surface area contributed by atoms with Gasteiger partial charge in [-0.25, -0.2) is 0 Å². The molecule has 0 spiro atoms. The standard InChI is InChI=1S/C42H72N14/c1-13-21-43-33-47-34(44-22-14-2)50-37(49-33)55(31-27-39(5,6)53-40(7,8)28-31)25-19-17-18-20-26-56(32-29-41(9,10)54-42(11,12)30-32)38-51-35(45-23-15-3)48-36(52-38)46-24-16-4/h13-16,31-32,53-54H,1-4,17-30H2,5-12H3,(H2,43,44,47,49,50)(H2,45,46,48,51,52). The van der Waals surface area contributed by atoms with Crippen molar-refractivity contribution in [3.05, 3.63) is 50.6 Å². The van der Waals surface area contributed by atoms with Crippen molar-refractivity contribution in [3.63, 3.8) is 0 Å². The quantitative estimate of drug-likeness (QED) is 0.0510. The van der Waals surface area contributed by atoms with Gasteiger partial charge in [0, 0.05) is 73.5 Å². The highest BCUT2D eigenvalue weighted by Crippen LogP contribution is 2.35. The van der Waals surface area contributed by atoms with Crippen LogP contribution in [0.15, 0.2) is 50.6 Å². The first-order valence-corrected chi connectivity index (χ1v) is 20.5. The average molecular weight is 773 g/mol. The van der Waals surface area contributed by atoms with Crippen LogP contribution >= 0.6 is 0 Å². The zero-order chi connectivity index (χ0) is 41.0. The third kappa shape index (κ3) is 13.7. The van der Waals surface area contributed by atoms with Gasteiger partial charge in [0.25, 0.3) is 0 Å². The second-order valence-corrected chi connectivity index (χ2v) is 18.0. The van der Waals surface area contributed by atoms with E-state index in [1.54, 1.807) is 0 Å². The van der Waals surface area contributed by atoms with E-state index >= 15 is 0 Å². The highest BCUT2D eigenvalue weighted by Gasteiger charge is 2.42. The van der Waals surface area contributed by atoms with Gasteiger partial charge < -0.3 is 41.7 Å². The Bertz CT molecular complexity index is 1390. The second kappa shape index (κ2) is 19.7. The molecule has 2 aliphatic rings. The van der Waals surface area contributed by atoms with Gasteiger partial charge in [0.15, 0.2) is 0 Å². The number of aromatic nitrogens is 6. The van der Waals surface area contributed by atoms with Crippen molar-refractivity contribution in [3.8, 4) is 0 Å². The monoisotopic (exact) mass is 773 g/mol. The molecule has 0 bridgehead atoms. The van der Waals surface area contributed by atoms with Crippen LogP contribution in [-0.2, 0) is 0 Å². The van der Waals surface area contributed by atoms with Crippen LogP contribution in [-0.4, -0.2) is 103 Å². The Balaban J connectivity index is 1.55. The zero-order valence-electron chi connectivity index (χ0n) is 35.8. The van der Waals surface area contributed by atoms with Crippen LogP contribution in [0.3, 0.4) is 0 Å². The van der Waals surface area contributed by atoms with Crippen LogP contribution in [0.5, 0.6) is 0 Å². The molecule has 0 aliphatic carbocycles. The van der Waals surface area contributed by atoms with Crippen molar-refractivity contribution >= 4 is 35.7 Å². The van der Waals surface area contributed by atoms with Crippen molar-refractivity contribution in [2.75, 3.05) is 70.3 Å². The van der Waals surface area contributed by atoms with Crippen LogP contribution < -0.4 is 41.7 Å². The maximum Gasteiger partial charge on any atom is 0.232 e. The van der Waals surface area contributed by atoms with Crippen molar-refractivity contribution in [2.45, 2.75) is 141 Å². The van der Waals surface area contributed by atoms with Gasteiger partial charge in [-0.1, -0.05) is 37.1 Å². The van der Waals surface area contributed by atoms with Gasteiger partial charge in [-0.15, -0.1) is 26.3 Å². The molecule has 2 aromatic rings. The highest BCUT2D eigenvalue weighted by molar-refractivity contribution is 5.47. The molecule has 2 aromatic heterocycles. The van der Waals surface area contributed by atoms with E-state index in [4.69, 9.17) is 19.9 Å². The van der Waals surface area contributed by atoms with Crippen molar-refractivity contribution in [1.29, 1.82) is 0 Å². The molecule has 14 nitrogen and oxygen atoms in total. The number of unbranched alkanes of at least 4 members (excludes halogenated alkanes) is 3. The molecule has 0 atom stereocenters. The Morgan fingerprint density at radius 1 is 0.482 bits per heavy atom. The smallest absolute Gasteiger partial charge is 0.232 e. The van der Waals surface area contributed by atoms with Gasteiger partial charge in [-0.3, -0.25) is 0 Å². The molecular formula is C42H72N14. The fraction of sp³-hybridized carbons (Fsp3) is 0.667. The highest BCUT2D eigenvalue weighted by atomic mass is 15.4. The number of nitrogens with zero attached hydrogens (tertiary/aromatic N) is 8. The Hall–Kier alpha value is -4.30. The predicted molar refractivity (Wildman–Crippen MR) is 236 cm³/mol. The molecule has 0 saturated carbocycles. The lowest BCUT2D eigenvalue weighted by Crippen LogP contribution is -2.62. The van der Waals surface area contributed by atoms with Crippen molar-refractivity contribution in [1.82, 2.24) is 40.5 Å². The first-order chi connectivity index (χ1) is 26.5. The molecule has 4 rings (SSSR count). The topological polar surface area (TPSA) is 156 Å². The minimum absolute atomic E-state index is 0.0378. The Labute approximate surface area is 337 Å². The maximum absolute atomic E-state index is 4.96. The predicted octanol–water partition coefficient (Wildman–Crippen LogP) is 6.94. The van der Waals surface area contributed by atoms with E-state index in [1.165, 1.54) is 0 Å². The number of hydrogen-bond donors (Lipinski definition) is 6. The Morgan fingerprint density at radius 3 is 1.00 bits per heavy atom. The van der Waals surface area contributed by atoms with Gasteiger partial charge in [-0.05, 0) is 93.9 Å². The van der Waals surface area contributed by atoms with Crippen LogP contribution in [0.1, 0.15) is 107 Å². The maximum atomic E-state index is 4.96. The summed E-state index contributed by atoms with van der Waals surface area (Å²) in [5.41, 5.74) is -0.151. The van der Waals surface area contributed by atoms with Crippen molar-refractivity contribution < 1.29 is 0 Å². The molecule has 2 aliphatic heterocycles. The van der Waals surface area contributed by atoms with Gasteiger partial charge in [0.2, 0.25) is 35.7 Å². The third-order valence-corrected chi connectivity index (χ3v) is 10.1. The van der Waals surface area contributed by atoms with E-state index in [2.05, 4.69) is 133 Å². The molecule has 56 heavy (non-hydrogen) atoms. The lowest BCUT2D eigenvalue weighted by atomic mass is 9.79. The first kappa shape index (κ1) is 44.4. The zero-order valence-corrected chi connectivity index (χ0v) is 35.8. The van der Waals surface area contributed by atoms with Gasteiger partial charge in [0.05, 0.1) is 0 Å². The summed E-state index contributed by atoms with van der Waals surface area (Å²) in [5, 5.41) is 20.9. The van der Waals surface area contributed by atoms with Crippen LogP contribution in [0.25, 0.3) is 0 Å². The van der Waals surface area contributed by atoms with Gasteiger partial charge in [-0.2, -0.15) is 29.9 Å². The summed E-state index contributed by atoms with van der Waals surface area (Å²) in [7, 11) is 0. The number of anilines is 6. The second-order valence-electron chi connectivity index (χ2n) is 18.0. The minimum Gasteiger partial charge on any atom is -0.351 e. The van der Waals surface area contributed by atoms with Gasteiger partial charge >= 0.3 is 0 Å². The van der Waals surface area contributed by atoms with E-state index in [-0.39, 0.29) is 34.2 Å². The van der Waals surface area contributed by atoms with Crippen LogP contribution in [0, 0.1) is 0 Å². The molecule has 2 fully saturated rings. The summed E-state index contributed by atoms with van der Waals surface area (Å²) in [6.07, 6.45) is 15.3. The molecule has 6 N–H and O–H groups in total. The number of hydrogen-bond acceptors (Lipinski definition) is 14. The normalized spacial score (nSPS) is 18.6. The summed E-state index contributed by atoms with van der Waals surface area (Å²) >= 11 is 0. The van der Waals surface area contributed by atoms with Crippen LogP contribution in [0.2, 0.25) is 0 Å². The fourth-order valence-electron chi connectivity index (χ4n) is 8.74. The summed E-state index contributed by atoms with van der Waals surface area (Å²) in [4.78, 5) is 33.9. The molecule has 14 heteroatoms. The lowest BCUT2D eigenvalue weighted by molar-refractivity contribution is 0.156. The number of rotatable bonds is 23. The number of nitrogens with one attached hydrogen (secondary N) is 6. The lowest BCUT2D eigenvalue weighted by Gasteiger charge is -2.49. The van der Waals surface area contributed by atoms with E-state index in [0.717, 1.165) is 64.5 Å². The molecule has 0 aromatic carbocycles. The van der Waals surface area contributed by atoms with E-state index in [1.807, 2.05) is 24.3 Å². The summed E-state index contributed by atoms with van der Waals surface area (Å²) < 4.78 is 0. The first-order valence-electron chi connectivity index (χ1n) is 20.5. The molecule has 0 unspecified atom stereocenters. The summed E-state index contributed by atoms with van der Waals surface area (Å²) in [5.74, 6) is 3.52. The molecule has 2 saturated heterocycles. The SMILES string of the molecule is C=CCNc1nc(NCC=C)nc(N(CCCCCCN(c2nc(NCC=C)nc(NCC=C)n2)C2CC(C)(C)NC(C)(C)C2)C2CC(C)(C)NC(C)(C)C2)n1. The molecule has 0 radical (unpaired) electrons. The Morgan fingerprint density at radius 2 is 0.750 bits per heavy atom. The summed E-state index contributed by atoms with van der Waals surface area (Å²) in [6.45, 7) is 37.7. The van der Waals surface area contributed by atoms with E-state index in [0.29, 0.717) is 61.9 Å². The van der Waals surface area contributed by atoms with E-state index in [9.17, 15) is 0 Å². The minimum atomic E-state index is -0.0378. The van der Waals surface area contributed by atoms with Crippen molar-refractivity contribution in [2.24, 2.45) is 0 Å². The van der Waals surface area contributed by atoms with Gasteiger partial charge in [0.1, 0.15) is 0 Å². The molecular weight excluding hydrogens is 701 g/mol. The van der Waals surface area contributed by atoms with E-state index < -0.39 is 0 Å². The van der Waals surface area contributed by atoms with Crippen LogP contribution in [0.4, 0.5) is 35.7 Å². The molecule has 0 amide bonds.